The monoisotopic (exact) mass is 380 g/mol. The second-order valence-electron chi connectivity index (χ2n) is 6.81. The molecule has 144 valence electrons. The molecule has 7 heteroatoms. The molecule has 0 aliphatic carbocycles. The Morgan fingerprint density at radius 1 is 1.25 bits per heavy atom. The Hall–Kier alpha value is -3.06. The zero-order valence-corrected chi connectivity index (χ0v) is 15.8. The molecular weight excluding hydrogens is 359 g/mol. The number of aromatic nitrogens is 2. The van der Waals surface area contributed by atoms with E-state index in [1.54, 1.807) is 25.1 Å². The summed E-state index contributed by atoms with van der Waals surface area (Å²) in [6.45, 7) is 5.42. The van der Waals surface area contributed by atoms with E-state index in [0.29, 0.717) is 41.4 Å². The minimum absolute atomic E-state index is 0.257. The third-order valence-corrected chi connectivity index (χ3v) is 4.76. The number of rotatable bonds is 3. The lowest BCUT2D eigenvalue weighted by molar-refractivity contribution is 0.0935. The summed E-state index contributed by atoms with van der Waals surface area (Å²) in [6.07, 6.45) is 0. The van der Waals surface area contributed by atoms with Crippen molar-refractivity contribution in [1.29, 1.82) is 0 Å². The fourth-order valence-electron chi connectivity index (χ4n) is 3.45. The highest BCUT2D eigenvalue weighted by molar-refractivity contribution is 5.98. The second kappa shape index (κ2) is 7.52. The van der Waals surface area contributed by atoms with Gasteiger partial charge in [0, 0.05) is 24.0 Å². The van der Waals surface area contributed by atoms with Gasteiger partial charge in [0.2, 0.25) is 0 Å². The van der Waals surface area contributed by atoms with Crippen LogP contribution in [0.3, 0.4) is 0 Å². The number of hydrogen-bond acceptors (Lipinski definition) is 5. The average Bonchev–Trinajstić information content (AvgIpc) is 2.93. The zero-order valence-electron chi connectivity index (χ0n) is 15.8. The largest absolute Gasteiger partial charge is 0.491 e. The molecule has 4 rings (SSSR count). The zero-order chi connectivity index (χ0) is 19.7. The van der Waals surface area contributed by atoms with Gasteiger partial charge in [-0.15, -0.1) is 0 Å². The van der Waals surface area contributed by atoms with Gasteiger partial charge < -0.3 is 15.4 Å². The normalized spacial score (nSPS) is 14.7. The van der Waals surface area contributed by atoms with Crippen molar-refractivity contribution >= 4 is 16.8 Å². The van der Waals surface area contributed by atoms with Crippen LogP contribution in [0.25, 0.3) is 10.9 Å². The molecule has 6 nitrogen and oxygen atoms in total. The van der Waals surface area contributed by atoms with Crippen LogP contribution in [-0.2, 0) is 6.54 Å². The maximum absolute atomic E-state index is 14.2. The molecule has 3 aromatic rings. The molecule has 1 amide bonds. The van der Waals surface area contributed by atoms with Crippen molar-refractivity contribution in [2.24, 2.45) is 0 Å². The lowest BCUT2D eigenvalue weighted by atomic mass is 10.1. The molecule has 0 saturated heterocycles. The first-order chi connectivity index (χ1) is 13.5. The number of para-hydroxylation sites is 2. The van der Waals surface area contributed by atoms with E-state index in [4.69, 9.17) is 4.74 Å². The molecular formula is C21H21FN4O2. The van der Waals surface area contributed by atoms with Crippen molar-refractivity contribution < 1.29 is 13.9 Å². The van der Waals surface area contributed by atoms with Crippen LogP contribution in [0.1, 0.15) is 40.4 Å². The Labute approximate surface area is 162 Å². The molecule has 0 saturated carbocycles. The van der Waals surface area contributed by atoms with Crippen LogP contribution < -0.4 is 15.4 Å². The summed E-state index contributed by atoms with van der Waals surface area (Å²) in [5.74, 6) is 0.396. The number of aryl methyl sites for hydroxylation is 1. The van der Waals surface area contributed by atoms with Gasteiger partial charge in [0.25, 0.3) is 5.91 Å². The highest BCUT2D eigenvalue weighted by atomic mass is 19.1. The lowest BCUT2D eigenvalue weighted by Gasteiger charge is -2.18. The molecule has 28 heavy (non-hydrogen) atoms. The van der Waals surface area contributed by atoms with E-state index in [0.717, 1.165) is 12.1 Å². The number of hydrogen-bond donors (Lipinski definition) is 2. The van der Waals surface area contributed by atoms with Gasteiger partial charge in [-0.05, 0) is 26.0 Å². The second-order valence-corrected chi connectivity index (χ2v) is 6.81. The van der Waals surface area contributed by atoms with E-state index >= 15 is 0 Å². The van der Waals surface area contributed by atoms with E-state index in [-0.39, 0.29) is 11.4 Å². The highest BCUT2D eigenvalue weighted by Crippen LogP contribution is 2.27. The van der Waals surface area contributed by atoms with E-state index in [1.165, 1.54) is 6.07 Å². The molecule has 2 N–H and O–H groups in total. The van der Waals surface area contributed by atoms with Crippen molar-refractivity contribution in [1.82, 2.24) is 20.6 Å². The maximum Gasteiger partial charge on any atom is 0.255 e. The predicted molar refractivity (Wildman–Crippen MR) is 104 cm³/mol. The van der Waals surface area contributed by atoms with Crippen molar-refractivity contribution in [3.05, 3.63) is 64.9 Å². The predicted octanol–water partition coefficient (Wildman–Crippen LogP) is 3.05. The van der Waals surface area contributed by atoms with Gasteiger partial charge in [-0.1, -0.05) is 24.3 Å². The third-order valence-electron chi connectivity index (χ3n) is 4.76. The van der Waals surface area contributed by atoms with E-state index in [2.05, 4.69) is 20.6 Å². The van der Waals surface area contributed by atoms with Gasteiger partial charge in [-0.25, -0.2) is 14.4 Å². The van der Waals surface area contributed by atoms with Crippen molar-refractivity contribution in [2.45, 2.75) is 26.4 Å². The van der Waals surface area contributed by atoms with E-state index in [9.17, 15) is 9.18 Å². The molecule has 0 radical (unpaired) electrons. The average molecular weight is 380 g/mol. The summed E-state index contributed by atoms with van der Waals surface area (Å²) in [7, 11) is 0. The number of carbonyl (C=O) groups excluding carboxylic acids is 1. The van der Waals surface area contributed by atoms with Gasteiger partial charge in [0.05, 0.1) is 17.3 Å². The Kier molecular flexibility index (Phi) is 4.92. The van der Waals surface area contributed by atoms with E-state index < -0.39 is 11.9 Å². The van der Waals surface area contributed by atoms with Crippen molar-refractivity contribution in [3.8, 4) is 5.75 Å². The van der Waals surface area contributed by atoms with Gasteiger partial charge >= 0.3 is 0 Å². The number of ether oxygens (including phenoxy) is 1. The number of benzene rings is 2. The third kappa shape index (κ3) is 3.41. The van der Waals surface area contributed by atoms with E-state index in [1.807, 2.05) is 19.1 Å². The van der Waals surface area contributed by atoms with Gasteiger partial charge in [0.15, 0.2) is 0 Å². The minimum atomic E-state index is -0.432. The first-order valence-corrected chi connectivity index (χ1v) is 9.23. The summed E-state index contributed by atoms with van der Waals surface area (Å²) in [6, 6.07) is 9.85. The minimum Gasteiger partial charge on any atom is -0.491 e. The molecule has 1 unspecified atom stereocenters. The number of amides is 1. The van der Waals surface area contributed by atoms with Crippen LogP contribution in [0.2, 0.25) is 0 Å². The number of fused-ring (bicyclic) bond motifs is 2. The van der Waals surface area contributed by atoms with Crippen LogP contribution in [0.5, 0.6) is 5.75 Å². The summed E-state index contributed by atoms with van der Waals surface area (Å²) in [5.41, 5.74) is 2.27. The smallest absolute Gasteiger partial charge is 0.255 e. The molecule has 1 aliphatic heterocycles. The Balaban J connectivity index is 1.67. The van der Waals surface area contributed by atoms with Gasteiger partial charge in [0.1, 0.15) is 29.5 Å². The van der Waals surface area contributed by atoms with Crippen LogP contribution in [0, 0.1) is 12.7 Å². The van der Waals surface area contributed by atoms with Crippen molar-refractivity contribution in [2.75, 3.05) is 13.2 Å². The highest BCUT2D eigenvalue weighted by Gasteiger charge is 2.22. The first kappa shape index (κ1) is 18.3. The lowest BCUT2D eigenvalue weighted by Crippen LogP contribution is -2.28. The Morgan fingerprint density at radius 3 is 2.93 bits per heavy atom. The fourth-order valence-corrected chi connectivity index (χ4v) is 3.45. The van der Waals surface area contributed by atoms with Gasteiger partial charge in [-0.2, -0.15) is 0 Å². The summed E-state index contributed by atoms with van der Waals surface area (Å²) < 4.78 is 20.0. The molecule has 1 atom stereocenters. The number of nitrogens with zero attached hydrogens (tertiary/aromatic N) is 2. The SMILES string of the molecule is Cc1nc(C(C)NC(=O)c2cccc3c2OCCNC3)c2cccc(F)c2n1. The quantitative estimate of drug-likeness (QED) is 0.730. The topological polar surface area (TPSA) is 76.1 Å². The Morgan fingerprint density at radius 2 is 2.07 bits per heavy atom. The molecule has 0 bridgehead atoms. The molecule has 0 fully saturated rings. The Bertz CT molecular complexity index is 1050. The number of halogens is 1. The summed E-state index contributed by atoms with van der Waals surface area (Å²) >= 11 is 0. The molecule has 1 aliphatic rings. The molecule has 0 spiro atoms. The maximum atomic E-state index is 14.2. The fraction of sp³-hybridized carbons (Fsp3) is 0.286. The van der Waals surface area contributed by atoms with Crippen LogP contribution in [-0.4, -0.2) is 29.0 Å². The van der Waals surface area contributed by atoms with Crippen molar-refractivity contribution in [3.63, 3.8) is 0 Å². The standard InChI is InChI=1S/C21H21FN4O2/c1-12(18-15-6-4-8-17(22)19(15)26-13(2)25-18)24-21(27)16-7-3-5-14-11-23-9-10-28-20(14)16/h3-8,12,23H,9-11H2,1-2H3,(H,24,27). The summed E-state index contributed by atoms with van der Waals surface area (Å²) in [4.78, 5) is 21.6. The number of nitrogens with one attached hydrogen (secondary N) is 2. The molecule has 2 heterocycles. The van der Waals surface area contributed by atoms with Gasteiger partial charge in [-0.3, -0.25) is 4.79 Å². The first-order valence-electron chi connectivity index (χ1n) is 9.23. The van der Waals surface area contributed by atoms with Crippen LogP contribution in [0.15, 0.2) is 36.4 Å². The van der Waals surface area contributed by atoms with Crippen LogP contribution >= 0.6 is 0 Å². The molecule has 1 aromatic heterocycles. The number of carbonyl (C=O) groups is 1. The molecule has 2 aromatic carbocycles. The summed E-state index contributed by atoms with van der Waals surface area (Å²) in [5, 5.41) is 6.82. The van der Waals surface area contributed by atoms with Crippen LogP contribution in [0.4, 0.5) is 4.39 Å².